The molecule has 0 radical (unpaired) electrons. The third kappa shape index (κ3) is 1.89. The van der Waals surface area contributed by atoms with Crippen molar-refractivity contribution < 1.29 is 5.11 Å². The number of piperidine rings is 1. The van der Waals surface area contributed by atoms with Gasteiger partial charge >= 0.3 is 0 Å². The minimum absolute atomic E-state index is 0.293. The topological polar surface area (TPSA) is 40.8 Å². The molecule has 2 aromatic rings. The molecule has 4 heteroatoms. The monoisotopic (exact) mass is 231 g/mol. The van der Waals surface area contributed by atoms with Crippen LogP contribution in [0.1, 0.15) is 24.6 Å². The molecule has 1 unspecified atom stereocenters. The van der Waals surface area contributed by atoms with E-state index in [9.17, 15) is 5.11 Å². The maximum atomic E-state index is 9.56. The Labute approximate surface area is 101 Å². The Morgan fingerprint density at radius 3 is 3.12 bits per heavy atom. The van der Waals surface area contributed by atoms with Crippen LogP contribution in [0.3, 0.4) is 0 Å². The van der Waals surface area contributed by atoms with Gasteiger partial charge in [0.15, 0.2) is 0 Å². The van der Waals surface area contributed by atoms with Crippen molar-refractivity contribution in [3.63, 3.8) is 0 Å². The van der Waals surface area contributed by atoms with Gasteiger partial charge in [-0.2, -0.15) is 0 Å². The Bertz CT molecular complexity index is 534. The maximum Gasteiger partial charge on any atom is 0.132 e. The molecule has 0 saturated carbocycles. The molecule has 0 bridgehead atoms. The van der Waals surface area contributed by atoms with Crippen molar-refractivity contribution in [3.8, 4) is 5.75 Å². The van der Waals surface area contributed by atoms with Crippen LogP contribution in [-0.4, -0.2) is 39.5 Å². The summed E-state index contributed by atoms with van der Waals surface area (Å²) < 4.78 is 2.01. The molecule has 0 amide bonds. The third-order valence-electron chi connectivity index (χ3n) is 3.53. The van der Waals surface area contributed by atoms with Gasteiger partial charge in [0.25, 0.3) is 0 Å². The molecule has 0 aliphatic carbocycles. The van der Waals surface area contributed by atoms with Crippen LogP contribution in [0.25, 0.3) is 5.52 Å². The SMILES string of the molecule is CN1CCCC(c2ncc3ccc(O)cn23)C1. The van der Waals surface area contributed by atoms with Crippen LogP contribution in [0.15, 0.2) is 24.5 Å². The summed E-state index contributed by atoms with van der Waals surface area (Å²) in [6.07, 6.45) is 6.03. The molecule has 1 fully saturated rings. The number of aromatic nitrogens is 2. The Morgan fingerprint density at radius 1 is 1.41 bits per heavy atom. The normalized spacial score (nSPS) is 22.1. The molecule has 1 saturated heterocycles. The van der Waals surface area contributed by atoms with Gasteiger partial charge in [0.05, 0.1) is 17.9 Å². The van der Waals surface area contributed by atoms with Gasteiger partial charge in [-0.3, -0.25) is 4.40 Å². The lowest BCUT2D eigenvalue weighted by Crippen LogP contribution is -2.31. The zero-order valence-electron chi connectivity index (χ0n) is 10.0. The summed E-state index contributed by atoms with van der Waals surface area (Å²) in [6.45, 7) is 2.22. The number of pyridine rings is 1. The van der Waals surface area contributed by atoms with Crippen molar-refractivity contribution in [2.45, 2.75) is 18.8 Å². The Kier molecular flexibility index (Phi) is 2.52. The molecule has 1 atom stereocenters. The lowest BCUT2D eigenvalue weighted by Gasteiger charge is -2.28. The number of likely N-dealkylation sites (tertiary alicyclic amines) is 1. The van der Waals surface area contributed by atoms with Gasteiger partial charge in [-0.1, -0.05) is 0 Å². The lowest BCUT2D eigenvalue weighted by molar-refractivity contribution is 0.245. The minimum Gasteiger partial charge on any atom is -0.506 e. The summed E-state index contributed by atoms with van der Waals surface area (Å²) >= 11 is 0. The van der Waals surface area contributed by atoms with E-state index in [1.807, 2.05) is 16.7 Å². The lowest BCUT2D eigenvalue weighted by atomic mass is 9.98. The van der Waals surface area contributed by atoms with E-state index in [1.165, 1.54) is 19.4 Å². The first-order valence-corrected chi connectivity index (χ1v) is 6.08. The van der Waals surface area contributed by atoms with E-state index in [-0.39, 0.29) is 0 Å². The van der Waals surface area contributed by atoms with Crippen molar-refractivity contribution in [1.29, 1.82) is 0 Å². The molecule has 1 aliphatic heterocycles. The molecule has 2 aromatic heterocycles. The first-order chi connectivity index (χ1) is 8.24. The molecule has 3 rings (SSSR count). The fourth-order valence-corrected chi connectivity index (χ4v) is 2.68. The second-order valence-corrected chi connectivity index (χ2v) is 4.90. The van der Waals surface area contributed by atoms with E-state index in [0.29, 0.717) is 11.7 Å². The van der Waals surface area contributed by atoms with Crippen molar-refractivity contribution >= 4 is 5.52 Å². The van der Waals surface area contributed by atoms with Crippen molar-refractivity contribution in [2.24, 2.45) is 0 Å². The Balaban J connectivity index is 2.01. The zero-order chi connectivity index (χ0) is 11.8. The van der Waals surface area contributed by atoms with Gasteiger partial charge in [0.1, 0.15) is 11.6 Å². The van der Waals surface area contributed by atoms with E-state index in [4.69, 9.17) is 0 Å². The van der Waals surface area contributed by atoms with Crippen LogP contribution in [0, 0.1) is 0 Å². The molecule has 17 heavy (non-hydrogen) atoms. The largest absolute Gasteiger partial charge is 0.506 e. The summed E-state index contributed by atoms with van der Waals surface area (Å²) in [5.41, 5.74) is 1.05. The highest BCUT2D eigenvalue weighted by atomic mass is 16.3. The van der Waals surface area contributed by atoms with Crippen LogP contribution >= 0.6 is 0 Å². The summed E-state index contributed by atoms with van der Waals surface area (Å²) in [7, 11) is 2.15. The average Bonchev–Trinajstić information content (AvgIpc) is 2.71. The smallest absolute Gasteiger partial charge is 0.132 e. The van der Waals surface area contributed by atoms with Gasteiger partial charge < -0.3 is 10.0 Å². The van der Waals surface area contributed by atoms with Gasteiger partial charge in [-0.25, -0.2) is 4.98 Å². The van der Waals surface area contributed by atoms with E-state index in [2.05, 4.69) is 16.9 Å². The second-order valence-electron chi connectivity index (χ2n) is 4.90. The van der Waals surface area contributed by atoms with Gasteiger partial charge in [-0.05, 0) is 38.6 Å². The van der Waals surface area contributed by atoms with E-state index in [0.717, 1.165) is 17.9 Å². The fraction of sp³-hybridized carbons (Fsp3) is 0.462. The number of fused-ring (bicyclic) bond motifs is 1. The number of hydrogen-bond acceptors (Lipinski definition) is 3. The highest BCUT2D eigenvalue weighted by Crippen LogP contribution is 2.26. The van der Waals surface area contributed by atoms with Gasteiger partial charge in [0.2, 0.25) is 0 Å². The minimum atomic E-state index is 0.293. The van der Waals surface area contributed by atoms with Crippen LogP contribution in [0.5, 0.6) is 5.75 Å². The van der Waals surface area contributed by atoms with Crippen LogP contribution in [-0.2, 0) is 0 Å². The number of aromatic hydroxyl groups is 1. The predicted molar refractivity (Wildman–Crippen MR) is 66.3 cm³/mol. The molecule has 0 aromatic carbocycles. The molecule has 1 aliphatic rings. The fourth-order valence-electron chi connectivity index (χ4n) is 2.68. The van der Waals surface area contributed by atoms with Crippen molar-refractivity contribution in [3.05, 3.63) is 30.4 Å². The summed E-state index contributed by atoms with van der Waals surface area (Å²) in [6, 6.07) is 3.60. The number of rotatable bonds is 1. The summed E-state index contributed by atoms with van der Waals surface area (Å²) in [5.74, 6) is 1.83. The molecule has 3 heterocycles. The molecular formula is C13H17N3O. The van der Waals surface area contributed by atoms with Gasteiger partial charge in [-0.15, -0.1) is 0 Å². The highest BCUT2D eigenvalue weighted by molar-refractivity contribution is 5.48. The maximum absolute atomic E-state index is 9.56. The quantitative estimate of drug-likeness (QED) is 0.814. The van der Waals surface area contributed by atoms with Crippen molar-refractivity contribution in [2.75, 3.05) is 20.1 Å². The first-order valence-electron chi connectivity index (χ1n) is 6.08. The van der Waals surface area contributed by atoms with Crippen molar-refractivity contribution in [1.82, 2.24) is 14.3 Å². The zero-order valence-corrected chi connectivity index (χ0v) is 10.0. The number of imidazole rings is 1. The van der Waals surface area contributed by atoms with E-state index < -0.39 is 0 Å². The standard InChI is InChI=1S/C13H17N3O/c1-15-6-2-3-10(8-15)13-14-7-11-4-5-12(17)9-16(11)13/h4-5,7,9-10,17H,2-3,6,8H2,1H3. The Morgan fingerprint density at radius 2 is 2.29 bits per heavy atom. The van der Waals surface area contributed by atoms with E-state index in [1.54, 1.807) is 12.3 Å². The number of likely N-dealkylation sites (N-methyl/N-ethyl adjacent to an activating group) is 1. The first kappa shape index (κ1) is 10.6. The molecular weight excluding hydrogens is 214 g/mol. The average molecular weight is 231 g/mol. The second kappa shape index (κ2) is 4.04. The third-order valence-corrected chi connectivity index (χ3v) is 3.53. The van der Waals surface area contributed by atoms with Crippen LogP contribution < -0.4 is 0 Å². The van der Waals surface area contributed by atoms with Crippen LogP contribution in [0.2, 0.25) is 0 Å². The molecule has 90 valence electrons. The Hall–Kier alpha value is -1.55. The predicted octanol–water partition coefficient (Wildman–Crippen LogP) is 1.85. The molecule has 1 N–H and O–H groups in total. The van der Waals surface area contributed by atoms with E-state index >= 15 is 0 Å². The van der Waals surface area contributed by atoms with Crippen LogP contribution in [0.4, 0.5) is 0 Å². The molecule has 4 nitrogen and oxygen atoms in total. The van der Waals surface area contributed by atoms with Gasteiger partial charge in [0, 0.05) is 12.5 Å². The number of nitrogens with zero attached hydrogens (tertiary/aromatic N) is 3. The number of hydrogen-bond donors (Lipinski definition) is 1. The summed E-state index contributed by atoms with van der Waals surface area (Å²) in [4.78, 5) is 6.86. The molecule has 0 spiro atoms. The highest BCUT2D eigenvalue weighted by Gasteiger charge is 2.22. The summed E-state index contributed by atoms with van der Waals surface area (Å²) in [5, 5.41) is 9.56.